The van der Waals surface area contributed by atoms with Crippen LogP contribution in [0.2, 0.25) is 0 Å². The van der Waals surface area contributed by atoms with Gasteiger partial charge in [0.1, 0.15) is 0 Å². The average Bonchev–Trinajstić information content (AvgIpc) is 3.04. The standard InChI is InChI=1S/C17H16BrNO5/c1-9(10-3-4-13-14(6-10)24-8-23-13)19-17(21)11-5-12(18)16(20)15(7-11)22-2/h3-7,9,20H,8H2,1-2H3,(H,19,21). The minimum Gasteiger partial charge on any atom is -0.503 e. The highest BCUT2D eigenvalue weighted by Crippen LogP contribution is 2.36. The van der Waals surface area contributed by atoms with Crippen LogP contribution in [0.5, 0.6) is 23.0 Å². The fourth-order valence-corrected chi connectivity index (χ4v) is 2.85. The predicted octanol–water partition coefficient (Wildman–Crippen LogP) is 3.38. The number of phenolic OH excluding ortho intramolecular Hbond substituents is 1. The molecule has 0 spiro atoms. The molecule has 0 saturated heterocycles. The van der Waals surface area contributed by atoms with Gasteiger partial charge in [0.25, 0.3) is 5.91 Å². The number of carbonyl (C=O) groups is 1. The molecule has 1 heterocycles. The third-order valence-corrected chi connectivity index (χ3v) is 4.36. The molecule has 126 valence electrons. The van der Waals surface area contributed by atoms with Crippen LogP contribution in [0.3, 0.4) is 0 Å². The summed E-state index contributed by atoms with van der Waals surface area (Å²) in [5.74, 6) is 1.27. The molecule has 1 aliphatic heterocycles. The van der Waals surface area contributed by atoms with Crippen molar-refractivity contribution in [2.45, 2.75) is 13.0 Å². The topological polar surface area (TPSA) is 77.0 Å². The smallest absolute Gasteiger partial charge is 0.251 e. The van der Waals surface area contributed by atoms with Crippen molar-refractivity contribution in [1.29, 1.82) is 0 Å². The Hall–Kier alpha value is -2.41. The van der Waals surface area contributed by atoms with Gasteiger partial charge in [0.15, 0.2) is 23.0 Å². The quantitative estimate of drug-likeness (QED) is 0.832. The molecule has 0 bridgehead atoms. The zero-order valence-electron chi connectivity index (χ0n) is 13.1. The van der Waals surface area contributed by atoms with Crippen LogP contribution in [0.4, 0.5) is 0 Å². The van der Waals surface area contributed by atoms with Gasteiger partial charge in [-0.1, -0.05) is 6.07 Å². The maximum Gasteiger partial charge on any atom is 0.251 e. The molecule has 1 aliphatic rings. The van der Waals surface area contributed by atoms with Gasteiger partial charge in [0, 0.05) is 5.56 Å². The van der Waals surface area contributed by atoms with Crippen LogP contribution in [0.1, 0.15) is 28.9 Å². The zero-order valence-corrected chi connectivity index (χ0v) is 14.7. The summed E-state index contributed by atoms with van der Waals surface area (Å²) < 4.78 is 16.1. The van der Waals surface area contributed by atoms with Gasteiger partial charge in [0.2, 0.25) is 6.79 Å². The Labute approximate surface area is 147 Å². The lowest BCUT2D eigenvalue weighted by molar-refractivity contribution is 0.0939. The first-order valence-electron chi connectivity index (χ1n) is 7.26. The molecule has 6 nitrogen and oxygen atoms in total. The number of methoxy groups -OCH3 is 1. The van der Waals surface area contributed by atoms with E-state index in [0.29, 0.717) is 21.5 Å². The number of hydrogen-bond donors (Lipinski definition) is 2. The first kappa shape index (κ1) is 16.4. The molecule has 1 amide bonds. The summed E-state index contributed by atoms with van der Waals surface area (Å²) in [4.78, 5) is 12.5. The number of fused-ring (bicyclic) bond motifs is 1. The molecule has 2 aromatic rings. The first-order chi connectivity index (χ1) is 11.5. The summed E-state index contributed by atoms with van der Waals surface area (Å²) in [6.07, 6.45) is 0. The van der Waals surface area contributed by atoms with E-state index in [-0.39, 0.29) is 30.2 Å². The summed E-state index contributed by atoms with van der Waals surface area (Å²) >= 11 is 3.21. The minimum atomic E-state index is -0.279. The van der Waals surface area contributed by atoms with E-state index in [0.717, 1.165) is 5.56 Å². The normalized spacial score (nSPS) is 13.5. The maximum atomic E-state index is 12.5. The van der Waals surface area contributed by atoms with Gasteiger partial charge < -0.3 is 24.6 Å². The molecular formula is C17H16BrNO5. The molecule has 3 rings (SSSR count). The van der Waals surface area contributed by atoms with Crippen molar-refractivity contribution < 1.29 is 24.1 Å². The summed E-state index contributed by atoms with van der Waals surface area (Å²) in [6, 6.07) is 8.35. The molecular weight excluding hydrogens is 378 g/mol. The van der Waals surface area contributed by atoms with Crippen LogP contribution in [-0.2, 0) is 0 Å². The molecule has 2 N–H and O–H groups in total. The van der Waals surface area contributed by atoms with Crippen LogP contribution < -0.4 is 19.5 Å². The van der Waals surface area contributed by atoms with Crippen LogP contribution in [0.15, 0.2) is 34.8 Å². The third-order valence-electron chi connectivity index (χ3n) is 3.75. The number of rotatable bonds is 4. The van der Waals surface area contributed by atoms with Crippen LogP contribution in [-0.4, -0.2) is 24.9 Å². The van der Waals surface area contributed by atoms with E-state index in [9.17, 15) is 9.90 Å². The van der Waals surface area contributed by atoms with Gasteiger partial charge in [0.05, 0.1) is 17.6 Å². The Morgan fingerprint density at radius 3 is 2.79 bits per heavy atom. The Morgan fingerprint density at radius 1 is 1.29 bits per heavy atom. The molecule has 2 aromatic carbocycles. The summed E-state index contributed by atoms with van der Waals surface area (Å²) in [5, 5.41) is 12.7. The largest absolute Gasteiger partial charge is 0.503 e. The lowest BCUT2D eigenvalue weighted by atomic mass is 10.1. The van der Waals surface area contributed by atoms with Gasteiger partial charge in [-0.25, -0.2) is 0 Å². The number of aromatic hydroxyl groups is 1. The fourth-order valence-electron chi connectivity index (χ4n) is 2.41. The number of nitrogens with one attached hydrogen (secondary N) is 1. The molecule has 1 unspecified atom stereocenters. The van der Waals surface area contributed by atoms with Crippen LogP contribution >= 0.6 is 15.9 Å². The number of halogens is 1. The van der Waals surface area contributed by atoms with Crippen molar-refractivity contribution in [2.24, 2.45) is 0 Å². The second-order valence-electron chi connectivity index (χ2n) is 5.32. The zero-order chi connectivity index (χ0) is 17.3. The van der Waals surface area contributed by atoms with E-state index >= 15 is 0 Å². The van der Waals surface area contributed by atoms with E-state index < -0.39 is 0 Å². The first-order valence-corrected chi connectivity index (χ1v) is 8.06. The highest BCUT2D eigenvalue weighted by atomic mass is 79.9. The van der Waals surface area contributed by atoms with Crippen molar-refractivity contribution in [1.82, 2.24) is 5.32 Å². The molecule has 0 fully saturated rings. The summed E-state index contributed by atoms with van der Waals surface area (Å²) in [7, 11) is 1.43. The number of hydrogen-bond acceptors (Lipinski definition) is 5. The van der Waals surface area contributed by atoms with Gasteiger partial charge in [-0.05, 0) is 52.7 Å². The highest BCUT2D eigenvalue weighted by Gasteiger charge is 2.19. The van der Waals surface area contributed by atoms with E-state index in [1.807, 2.05) is 25.1 Å². The Kier molecular flexibility index (Phi) is 4.53. The SMILES string of the molecule is COc1cc(C(=O)NC(C)c2ccc3c(c2)OCO3)cc(Br)c1O. The molecule has 1 atom stereocenters. The molecule has 0 radical (unpaired) electrons. The number of ether oxygens (including phenoxy) is 3. The number of amides is 1. The maximum absolute atomic E-state index is 12.5. The van der Waals surface area contributed by atoms with Crippen molar-refractivity contribution >= 4 is 21.8 Å². The van der Waals surface area contributed by atoms with E-state index in [4.69, 9.17) is 14.2 Å². The van der Waals surface area contributed by atoms with Gasteiger partial charge in [-0.3, -0.25) is 4.79 Å². The Balaban J connectivity index is 1.78. The third kappa shape index (κ3) is 3.12. The second-order valence-corrected chi connectivity index (χ2v) is 6.17. The summed E-state index contributed by atoms with van der Waals surface area (Å²) in [5.41, 5.74) is 1.28. The van der Waals surface area contributed by atoms with E-state index in [1.54, 1.807) is 6.07 Å². The lowest BCUT2D eigenvalue weighted by Gasteiger charge is -2.16. The van der Waals surface area contributed by atoms with Gasteiger partial charge in [-0.2, -0.15) is 0 Å². The molecule has 0 aromatic heterocycles. The number of phenols is 1. The van der Waals surface area contributed by atoms with Crippen molar-refractivity contribution in [3.63, 3.8) is 0 Å². The molecule has 0 saturated carbocycles. The fraction of sp³-hybridized carbons (Fsp3) is 0.235. The summed E-state index contributed by atoms with van der Waals surface area (Å²) in [6.45, 7) is 2.09. The monoisotopic (exact) mass is 393 g/mol. The minimum absolute atomic E-state index is 0.0436. The van der Waals surface area contributed by atoms with Gasteiger partial charge >= 0.3 is 0 Å². The van der Waals surface area contributed by atoms with Crippen molar-refractivity contribution in [3.05, 3.63) is 45.9 Å². The molecule has 7 heteroatoms. The highest BCUT2D eigenvalue weighted by molar-refractivity contribution is 9.10. The average molecular weight is 394 g/mol. The predicted molar refractivity (Wildman–Crippen MR) is 90.8 cm³/mol. The second kappa shape index (κ2) is 6.60. The van der Waals surface area contributed by atoms with E-state index in [2.05, 4.69) is 21.2 Å². The van der Waals surface area contributed by atoms with Crippen LogP contribution in [0.25, 0.3) is 0 Å². The van der Waals surface area contributed by atoms with Crippen LogP contribution in [0, 0.1) is 0 Å². The Bertz CT molecular complexity index is 793. The van der Waals surface area contributed by atoms with Crippen molar-refractivity contribution in [3.8, 4) is 23.0 Å². The number of benzene rings is 2. The van der Waals surface area contributed by atoms with Crippen molar-refractivity contribution in [2.75, 3.05) is 13.9 Å². The Morgan fingerprint density at radius 2 is 2.04 bits per heavy atom. The van der Waals surface area contributed by atoms with Gasteiger partial charge in [-0.15, -0.1) is 0 Å². The van der Waals surface area contributed by atoms with E-state index in [1.165, 1.54) is 13.2 Å². The lowest BCUT2D eigenvalue weighted by Crippen LogP contribution is -2.26. The molecule has 0 aliphatic carbocycles. The molecule has 24 heavy (non-hydrogen) atoms. The number of carbonyl (C=O) groups excluding carboxylic acids is 1.